The van der Waals surface area contributed by atoms with E-state index in [9.17, 15) is 14.4 Å². The van der Waals surface area contributed by atoms with Gasteiger partial charge in [0.05, 0.1) is 0 Å². The number of hydrogen-bond acceptors (Lipinski definition) is 6. The Labute approximate surface area is 465 Å². The van der Waals surface area contributed by atoms with E-state index in [1.165, 1.54) is 180 Å². The van der Waals surface area contributed by atoms with Crippen LogP contribution in [0.5, 0.6) is 0 Å². The van der Waals surface area contributed by atoms with E-state index in [1.54, 1.807) is 0 Å². The van der Waals surface area contributed by atoms with E-state index in [0.29, 0.717) is 19.3 Å². The molecule has 0 amide bonds. The third-order valence-electron chi connectivity index (χ3n) is 14.2. The molecule has 0 aromatic heterocycles. The van der Waals surface area contributed by atoms with Gasteiger partial charge in [-0.2, -0.15) is 0 Å². The summed E-state index contributed by atoms with van der Waals surface area (Å²) in [6.45, 7) is 6.55. The van der Waals surface area contributed by atoms with E-state index >= 15 is 0 Å². The Bertz CT molecular complexity index is 1390. The monoisotopic (exact) mass is 1050 g/mol. The smallest absolute Gasteiger partial charge is 0.306 e. The van der Waals surface area contributed by atoms with Gasteiger partial charge in [-0.3, -0.25) is 14.4 Å². The summed E-state index contributed by atoms with van der Waals surface area (Å²) in [6, 6.07) is 0. The first-order valence-electron chi connectivity index (χ1n) is 32.4. The zero-order chi connectivity index (χ0) is 54.3. The predicted octanol–water partition coefficient (Wildman–Crippen LogP) is 22.1. The maximum absolute atomic E-state index is 12.9. The maximum atomic E-state index is 12.9. The zero-order valence-corrected chi connectivity index (χ0v) is 49.8. The van der Waals surface area contributed by atoms with Crippen molar-refractivity contribution in [1.82, 2.24) is 0 Å². The number of carbonyl (C=O) groups is 3. The lowest BCUT2D eigenvalue weighted by atomic mass is 10.0. The molecule has 0 heterocycles. The van der Waals surface area contributed by atoms with Gasteiger partial charge in [-0.05, 0) is 70.6 Å². The van der Waals surface area contributed by atoms with Crippen molar-refractivity contribution >= 4 is 17.9 Å². The molecule has 0 N–H and O–H groups in total. The minimum atomic E-state index is -0.784. The highest BCUT2D eigenvalue weighted by atomic mass is 16.6. The summed E-state index contributed by atoms with van der Waals surface area (Å²) in [5, 5.41) is 0. The summed E-state index contributed by atoms with van der Waals surface area (Å²) in [4.78, 5) is 38.3. The van der Waals surface area contributed by atoms with Crippen LogP contribution in [-0.2, 0) is 28.6 Å². The first kappa shape index (κ1) is 71.8. The Morgan fingerprint density at radius 1 is 0.280 bits per heavy atom. The second-order valence-electron chi connectivity index (χ2n) is 21.7. The maximum Gasteiger partial charge on any atom is 0.306 e. The molecule has 0 aromatic carbocycles. The normalized spacial score (nSPS) is 12.5. The van der Waals surface area contributed by atoms with Crippen LogP contribution in [0.3, 0.4) is 0 Å². The van der Waals surface area contributed by atoms with Gasteiger partial charge in [0.2, 0.25) is 0 Å². The molecule has 0 rings (SSSR count). The van der Waals surface area contributed by atoms with Gasteiger partial charge < -0.3 is 14.2 Å². The number of esters is 3. The first-order valence-corrected chi connectivity index (χ1v) is 32.4. The van der Waals surface area contributed by atoms with Crippen molar-refractivity contribution in [3.8, 4) is 0 Å². The third-order valence-corrected chi connectivity index (χ3v) is 14.2. The fourth-order valence-corrected chi connectivity index (χ4v) is 9.39. The third kappa shape index (κ3) is 61.6. The van der Waals surface area contributed by atoms with E-state index in [2.05, 4.69) is 93.7 Å². The van der Waals surface area contributed by atoms with Crippen molar-refractivity contribution in [1.29, 1.82) is 0 Å². The van der Waals surface area contributed by atoms with E-state index < -0.39 is 6.10 Å². The summed E-state index contributed by atoms with van der Waals surface area (Å²) in [7, 11) is 0. The minimum Gasteiger partial charge on any atom is -0.462 e. The standard InChI is InChI=1S/C69H122O6/c1-4-7-10-13-16-19-22-25-27-29-31-33-35-37-38-40-42-44-47-50-53-56-59-62-68(71)74-65-66(64-73-67(70)61-58-55-52-49-46-24-21-18-15-12-9-6-3)75-69(72)63-60-57-54-51-48-45-43-41-39-36-34-32-30-28-26-23-20-17-14-11-8-5-2/h7,10,16,19,25,27,31,33,37-38,42,44,66H,4-6,8-9,11-15,17-18,20-24,26,28-30,32,34-36,39-41,43,45-65H2,1-3H3/b10-7-,19-16-,27-25-,33-31-,38-37-,44-42-. The Morgan fingerprint density at radius 2 is 0.520 bits per heavy atom. The van der Waals surface area contributed by atoms with Gasteiger partial charge in [0.1, 0.15) is 13.2 Å². The van der Waals surface area contributed by atoms with E-state index in [4.69, 9.17) is 14.2 Å². The SMILES string of the molecule is CC/C=C\C/C=C\C/C=C\C/C=C\C/C=C\C/C=C\CCCCCCC(=O)OCC(COC(=O)CCCCCCCCCCCCCC)OC(=O)CCCCCCCCCCCCCCCCCCCCCCCC. The highest BCUT2D eigenvalue weighted by Gasteiger charge is 2.19. The molecule has 6 heteroatoms. The van der Waals surface area contributed by atoms with E-state index in [1.807, 2.05) is 0 Å². The van der Waals surface area contributed by atoms with Crippen molar-refractivity contribution < 1.29 is 28.6 Å². The molecule has 75 heavy (non-hydrogen) atoms. The Balaban J connectivity index is 4.33. The highest BCUT2D eigenvalue weighted by Crippen LogP contribution is 2.17. The molecule has 434 valence electrons. The summed E-state index contributed by atoms with van der Waals surface area (Å²) in [6.07, 6.45) is 82.0. The van der Waals surface area contributed by atoms with Gasteiger partial charge >= 0.3 is 17.9 Å². The average Bonchev–Trinajstić information content (AvgIpc) is 3.41. The molecule has 0 bridgehead atoms. The molecule has 0 fully saturated rings. The molecule has 0 aliphatic carbocycles. The van der Waals surface area contributed by atoms with E-state index in [0.717, 1.165) is 109 Å². The summed E-state index contributed by atoms with van der Waals surface area (Å²) < 4.78 is 16.9. The van der Waals surface area contributed by atoms with Crippen LogP contribution in [0.25, 0.3) is 0 Å². The number of ether oxygens (including phenoxy) is 3. The second kappa shape index (κ2) is 63.4. The van der Waals surface area contributed by atoms with Crippen LogP contribution in [0.1, 0.15) is 329 Å². The van der Waals surface area contributed by atoms with Crippen molar-refractivity contribution in [2.45, 2.75) is 335 Å². The first-order chi connectivity index (χ1) is 37.0. The van der Waals surface area contributed by atoms with Crippen LogP contribution in [0.2, 0.25) is 0 Å². The number of unbranched alkanes of at least 4 members (excludes halogenated alkanes) is 36. The molecule has 0 radical (unpaired) electrons. The fraction of sp³-hybridized carbons (Fsp3) is 0.783. The van der Waals surface area contributed by atoms with Gasteiger partial charge in [-0.1, -0.05) is 312 Å². The molecule has 1 unspecified atom stereocenters. The lowest BCUT2D eigenvalue weighted by Gasteiger charge is -2.18. The summed E-state index contributed by atoms with van der Waals surface area (Å²) >= 11 is 0. The quantitative estimate of drug-likeness (QED) is 0.0261. The highest BCUT2D eigenvalue weighted by molar-refractivity contribution is 5.71. The van der Waals surface area contributed by atoms with Gasteiger partial charge in [0.25, 0.3) is 0 Å². The molecule has 0 spiro atoms. The largest absolute Gasteiger partial charge is 0.462 e. The number of carbonyl (C=O) groups excluding carboxylic acids is 3. The molecule has 0 aliphatic heterocycles. The molecule has 6 nitrogen and oxygen atoms in total. The average molecular weight is 1050 g/mol. The van der Waals surface area contributed by atoms with Gasteiger partial charge in [-0.15, -0.1) is 0 Å². The van der Waals surface area contributed by atoms with Crippen molar-refractivity contribution in [3.05, 3.63) is 72.9 Å². The van der Waals surface area contributed by atoms with Gasteiger partial charge in [0.15, 0.2) is 6.10 Å². The summed E-state index contributed by atoms with van der Waals surface area (Å²) in [5.41, 5.74) is 0. The Hall–Kier alpha value is -3.15. The van der Waals surface area contributed by atoms with Crippen LogP contribution in [0.4, 0.5) is 0 Å². The molecule has 0 aliphatic rings. The van der Waals surface area contributed by atoms with Crippen LogP contribution in [0, 0.1) is 0 Å². The number of rotatable bonds is 59. The van der Waals surface area contributed by atoms with Gasteiger partial charge in [0, 0.05) is 19.3 Å². The minimum absolute atomic E-state index is 0.0793. The molecule has 0 saturated heterocycles. The lowest BCUT2D eigenvalue weighted by Crippen LogP contribution is -2.30. The predicted molar refractivity (Wildman–Crippen MR) is 325 cm³/mol. The number of allylic oxidation sites excluding steroid dienone is 12. The molecule has 1 atom stereocenters. The molecule has 0 aromatic rings. The Morgan fingerprint density at radius 3 is 0.813 bits per heavy atom. The van der Waals surface area contributed by atoms with Crippen LogP contribution in [-0.4, -0.2) is 37.2 Å². The van der Waals surface area contributed by atoms with Crippen molar-refractivity contribution in [3.63, 3.8) is 0 Å². The van der Waals surface area contributed by atoms with Crippen molar-refractivity contribution in [2.75, 3.05) is 13.2 Å². The number of hydrogen-bond donors (Lipinski definition) is 0. The van der Waals surface area contributed by atoms with E-state index in [-0.39, 0.29) is 31.1 Å². The second-order valence-corrected chi connectivity index (χ2v) is 21.7. The fourth-order valence-electron chi connectivity index (χ4n) is 9.39. The van der Waals surface area contributed by atoms with Crippen molar-refractivity contribution in [2.24, 2.45) is 0 Å². The molecule has 0 saturated carbocycles. The molecular weight excluding hydrogens is 925 g/mol. The zero-order valence-electron chi connectivity index (χ0n) is 49.8. The van der Waals surface area contributed by atoms with Crippen LogP contribution in [0.15, 0.2) is 72.9 Å². The lowest BCUT2D eigenvalue weighted by molar-refractivity contribution is -0.167. The van der Waals surface area contributed by atoms with Crippen LogP contribution < -0.4 is 0 Å². The van der Waals surface area contributed by atoms with Crippen LogP contribution >= 0.6 is 0 Å². The Kier molecular flexibility index (Phi) is 60.7. The molecular formula is C69H122O6. The topological polar surface area (TPSA) is 78.9 Å². The van der Waals surface area contributed by atoms with Gasteiger partial charge in [-0.25, -0.2) is 0 Å². The summed E-state index contributed by atoms with van der Waals surface area (Å²) in [5.74, 6) is -0.887.